The fourth-order valence-corrected chi connectivity index (χ4v) is 3.36. The number of hydrogen-bond donors (Lipinski definition) is 0. The molecule has 0 amide bonds. The first-order valence-corrected chi connectivity index (χ1v) is 9.96. The summed E-state index contributed by atoms with van der Waals surface area (Å²) in [4.78, 5) is 16.6. The van der Waals surface area contributed by atoms with Crippen LogP contribution in [-0.2, 0) is 11.2 Å². The van der Waals surface area contributed by atoms with Gasteiger partial charge in [-0.1, -0.05) is 66.2 Å². The lowest BCUT2D eigenvalue weighted by Crippen LogP contribution is -1.98. The Morgan fingerprint density at radius 3 is 2.37 bits per heavy atom. The highest BCUT2D eigenvalue weighted by atomic mass is 16.3. The Labute approximate surface area is 176 Å². The number of oxazole rings is 1. The average molecular weight is 393 g/mol. The summed E-state index contributed by atoms with van der Waals surface area (Å²) in [6.07, 6.45) is 7.14. The number of aromatic nitrogens is 1. The molecule has 1 aromatic heterocycles. The summed E-state index contributed by atoms with van der Waals surface area (Å²) in [5.41, 5.74) is 7.59. The zero-order valence-corrected chi connectivity index (χ0v) is 17.1. The number of carbonyl (C=O) groups excluding carboxylic acids is 1. The largest absolute Gasteiger partial charge is 0.445 e. The van der Waals surface area contributed by atoms with Crippen LogP contribution in [0.25, 0.3) is 28.7 Å². The average Bonchev–Trinajstić information content (AvgIpc) is 3.29. The van der Waals surface area contributed by atoms with Crippen LogP contribution in [-0.4, -0.2) is 10.8 Å². The van der Waals surface area contributed by atoms with Gasteiger partial charge in [0, 0.05) is 12.0 Å². The van der Waals surface area contributed by atoms with E-state index in [0.717, 1.165) is 27.8 Å². The molecule has 0 bridgehead atoms. The number of aryl methyl sites for hydroxylation is 2. The maximum atomic E-state index is 12.3. The molecule has 0 aliphatic rings. The Balaban J connectivity index is 1.47. The lowest BCUT2D eigenvalue weighted by atomic mass is 9.96. The zero-order valence-electron chi connectivity index (χ0n) is 17.1. The third-order valence-electron chi connectivity index (χ3n) is 5.10. The lowest BCUT2D eigenvalue weighted by Gasteiger charge is -2.09. The minimum atomic E-state index is 0.0883. The topological polar surface area (TPSA) is 43.1 Å². The minimum Gasteiger partial charge on any atom is -0.445 e. The highest BCUT2D eigenvalue weighted by molar-refractivity contribution is 5.95. The summed E-state index contributed by atoms with van der Waals surface area (Å²) in [7, 11) is 0. The van der Waals surface area contributed by atoms with Gasteiger partial charge in [-0.25, -0.2) is 4.98 Å². The van der Waals surface area contributed by atoms with Crippen molar-refractivity contribution in [1.82, 2.24) is 4.98 Å². The smallest absolute Gasteiger partial charge is 0.225 e. The van der Waals surface area contributed by atoms with Crippen LogP contribution >= 0.6 is 0 Å². The van der Waals surface area contributed by atoms with E-state index < -0.39 is 0 Å². The van der Waals surface area contributed by atoms with Crippen molar-refractivity contribution in [3.05, 3.63) is 108 Å². The van der Waals surface area contributed by atoms with Crippen molar-refractivity contribution in [2.45, 2.75) is 20.3 Å². The molecule has 30 heavy (non-hydrogen) atoms. The van der Waals surface area contributed by atoms with Crippen LogP contribution in [0.4, 0.5) is 0 Å². The molecular weight excluding hydrogens is 370 g/mol. The molecule has 0 aliphatic heterocycles. The van der Waals surface area contributed by atoms with Crippen LogP contribution in [0.2, 0.25) is 0 Å². The molecule has 1 heterocycles. The molecule has 0 unspecified atom stereocenters. The van der Waals surface area contributed by atoms with E-state index in [0.29, 0.717) is 12.3 Å². The standard InChI is InChI=1S/C27H23NO2/c1-19-3-6-21(7-4-19)10-14-25(29)17-22-8-12-23(13-9-22)26-18-24(11-5-20(26)2)27-28-15-16-30-27/h3-16,18H,17H2,1-2H3/b14-10+. The van der Waals surface area contributed by atoms with Crippen LogP contribution < -0.4 is 0 Å². The first-order chi connectivity index (χ1) is 14.6. The first kappa shape index (κ1) is 19.6. The number of carbonyl (C=O) groups is 1. The first-order valence-electron chi connectivity index (χ1n) is 9.96. The van der Waals surface area contributed by atoms with Crippen molar-refractivity contribution in [3.63, 3.8) is 0 Å². The molecule has 0 saturated carbocycles. The summed E-state index contributed by atoms with van der Waals surface area (Å²) < 4.78 is 5.42. The molecule has 148 valence electrons. The number of ketones is 1. The molecule has 0 saturated heterocycles. The van der Waals surface area contributed by atoms with Crippen molar-refractivity contribution >= 4 is 11.9 Å². The molecule has 4 rings (SSSR count). The number of rotatable bonds is 6. The number of hydrogen-bond acceptors (Lipinski definition) is 3. The van der Waals surface area contributed by atoms with Crippen LogP contribution in [0.15, 0.2) is 89.7 Å². The second-order valence-corrected chi connectivity index (χ2v) is 7.45. The molecule has 4 aromatic rings. The molecule has 3 nitrogen and oxygen atoms in total. The van der Waals surface area contributed by atoms with E-state index in [4.69, 9.17) is 4.42 Å². The van der Waals surface area contributed by atoms with Crippen molar-refractivity contribution in [2.24, 2.45) is 0 Å². The van der Waals surface area contributed by atoms with Gasteiger partial charge >= 0.3 is 0 Å². The lowest BCUT2D eigenvalue weighted by molar-refractivity contribution is -0.113. The van der Waals surface area contributed by atoms with E-state index >= 15 is 0 Å². The Kier molecular flexibility index (Phi) is 5.71. The second kappa shape index (κ2) is 8.75. The molecule has 0 fully saturated rings. The van der Waals surface area contributed by atoms with Gasteiger partial charge in [-0.05, 0) is 59.9 Å². The van der Waals surface area contributed by atoms with E-state index in [1.54, 1.807) is 18.5 Å². The maximum absolute atomic E-state index is 12.3. The second-order valence-electron chi connectivity index (χ2n) is 7.45. The molecular formula is C27H23NO2. The quantitative estimate of drug-likeness (QED) is 0.354. The normalized spacial score (nSPS) is 11.1. The van der Waals surface area contributed by atoms with E-state index in [2.05, 4.69) is 36.2 Å². The van der Waals surface area contributed by atoms with Gasteiger partial charge in [0.05, 0.1) is 6.20 Å². The van der Waals surface area contributed by atoms with Gasteiger partial charge in [-0.15, -0.1) is 0 Å². The molecule has 0 atom stereocenters. The number of allylic oxidation sites excluding steroid dienone is 1. The summed E-state index contributed by atoms with van der Waals surface area (Å²) in [5.74, 6) is 0.698. The van der Waals surface area contributed by atoms with Crippen molar-refractivity contribution in [2.75, 3.05) is 0 Å². The van der Waals surface area contributed by atoms with E-state index in [9.17, 15) is 4.79 Å². The molecule has 0 radical (unpaired) electrons. The van der Waals surface area contributed by atoms with Crippen LogP contribution in [0.1, 0.15) is 22.3 Å². The third-order valence-corrected chi connectivity index (χ3v) is 5.10. The zero-order chi connectivity index (χ0) is 20.9. The molecule has 3 aromatic carbocycles. The summed E-state index contributed by atoms with van der Waals surface area (Å²) in [6, 6.07) is 22.5. The van der Waals surface area contributed by atoms with Crippen LogP contribution in [0, 0.1) is 13.8 Å². The van der Waals surface area contributed by atoms with Gasteiger partial charge in [0.1, 0.15) is 6.26 Å². The van der Waals surface area contributed by atoms with Gasteiger partial charge < -0.3 is 4.42 Å². The van der Waals surface area contributed by atoms with Crippen molar-refractivity contribution in [1.29, 1.82) is 0 Å². The van der Waals surface area contributed by atoms with E-state index in [-0.39, 0.29) is 5.78 Å². The van der Waals surface area contributed by atoms with Crippen molar-refractivity contribution < 1.29 is 9.21 Å². The SMILES string of the molecule is Cc1ccc(/C=C/C(=O)Cc2ccc(-c3cc(-c4ncco4)ccc3C)cc2)cc1. The summed E-state index contributed by atoms with van der Waals surface area (Å²) >= 11 is 0. The molecule has 0 N–H and O–H groups in total. The third kappa shape index (κ3) is 4.64. The molecule has 0 spiro atoms. The van der Waals surface area contributed by atoms with E-state index in [1.165, 1.54) is 11.1 Å². The Hall–Kier alpha value is -3.72. The maximum Gasteiger partial charge on any atom is 0.225 e. The van der Waals surface area contributed by atoms with Crippen LogP contribution in [0.5, 0.6) is 0 Å². The number of nitrogens with zero attached hydrogens (tertiary/aromatic N) is 1. The predicted octanol–water partition coefficient (Wildman–Crippen LogP) is 6.45. The van der Waals surface area contributed by atoms with Crippen LogP contribution in [0.3, 0.4) is 0 Å². The highest BCUT2D eigenvalue weighted by Crippen LogP contribution is 2.29. The Morgan fingerprint density at radius 2 is 1.67 bits per heavy atom. The molecule has 0 aliphatic carbocycles. The summed E-state index contributed by atoms with van der Waals surface area (Å²) in [5, 5.41) is 0. The predicted molar refractivity (Wildman–Crippen MR) is 121 cm³/mol. The van der Waals surface area contributed by atoms with Gasteiger partial charge in [-0.2, -0.15) is 0 Å². The Bertz CT molecular complexity index is 1170. The Morgan fingerprint density at radius 1 is 0.933 bits per heavy atom. The van der Waals surface area contributed by atoms with Gasteiger partial charge in [-0.3, -0.25) is 4.79 Å². The van der Waals surface area contributed by atoms with Gasteiger partial charge in [0.2, 0.25) is 5.89 Å². The summed E-state index contributed by atoms with van der Waals surface area (Å²) in [6.45, 7) is 4.13. The van der Waals surface area contributed by atoms with Gasteiger partial charge in [0.25, 0.3) is 0 Å². The van der Waals surface area contributed by atoms with Crippen molar-refractivity contribution in [3.8, 4) is 22.6 Å². The fourth-order valence-electron chi connectivity index (χ4n) is 3.36. The molecule has 3 heteroatoms. The monoisotopic (exact) mass is 393 g/mol. The number of benzene rings is 3. The van der Waals surface area contributed by atoms with Gasteiger partial charge in [0.15, 0.2) is 5.78 Å². The minimum absolute atomic E-state index is 0.0883. The highest BCUT2D eigenvalue weighted by Gasteiger charge is 2.08. The van der Waals surface area contributed by atoms with E-state index in [1.807, 2.05) is 55.5 Å². The fraction of sp³-hybridized carbons (Fsp3) is 0.111.